The van der Waals surface area contributed by atoms with E-state index >= 15 is 0 Å². The minimum absolute atomic E-state index is 0.235. The standard InChI is InChI=1S/C23H28ClN3O5/c1-14(2)13-25-27-22(30)21(29)26-19(12-20(28)23(31)32)10-15-6-8-16(9-7-15)17-4-3-5-18(24)11-17/h3-9,11,14,19-20,25,28H,10,12-13H2,1-2H3,(H,26,29)(H,27,30)(H,31,32). The van der Waals surface area contributed by atoms with Gasteiger partial charge in [-0.05, 0) is 41.2 Å². The number of carbonyl (C=O) groups excluding carboxylic acids is 2. The first kappa shape index (κ1) is 25.3. The van der Waals surface area contributed by atoms with Gasteiger partial charge in [0.15, 0.2) is 6.10 Å². The van der Waals surface area contributed by atoms with Crippen molar-refractivity contribution in [1.82, 2.24) is 16.2 Å². The average Bonchev–Trinajstić information content (AvgIpc) is 2.73. The van der Waals surface area contributed by atoms with Crippen molar-refractivity contribution in [1.29, 1.82) is 0 Å². The number of carboxylic acid groups (broad SMARTS) is 1. The van der Waals surface area contributed by atoms with E-state index in [0.717, 1.165) is 16.7 Å². The molecule has 0 fully saturated rings. The third-order valence-corrected chi connectivity index (χ3v) is 4.88. The monoisotopic (exact) mass is 461 g/mol. The molecule has 0 spiro atoms. The van der Waals surface area contributed by atoms with Crippen LogP contribution in [0.2, 0.25) is 5.02 Å². The molecule has 2 aromatic rings. The van der Waals surface area contributed by atoms with E-state index in [1.165, 1.54) is 0 Å². The number of halogens is 1. The lowest BCUT2D eigenvalue weighted by molar-refractivity contribution is -0.147. The summed E-state index contributed by atoms with van der Waals surface area (Å²) in [6.07, 6.45) is -1.68. The van der Waals surface area contributed by atoms with Gasteiger partial charge in [-0.1, -0.05) is 61.8 Å². The number of carbonyl (C=O) groups is 3. The lowest BCUT2D eigenvalue weighted by Gasteiger charge is -2.20. The van der Waals surface area contributed by atoms with Gasteiger partial charge < -0.3 is 15.5 Å². The molecule has 0 bridgehead atoms. The number of aliphatic carboxylic acids is 1. The number of nitrogens with one attached hydrogen (secondary N) is 3. The van der Waals surface area contributed by atoms with Gasteiger partial charge in [0.05, 0.1) is 0 Å². The van der Waals surface area contributed by atoms with Crippen molar-refractivity contribution >= 4 is 29.4 Å². The number of carboxylic acids is 1. The van der Waals surface area contributed by atoms with Crippen molar-refractivity contribution in [2.24, 2.45) is 5.92 Å². The Kier molecular flexibility index (Phi) is 9.64. The highest BCUT2D eigenvalue weighted by Gasteiger charge is 2.24. The molecule has 2 atom stereocenters. The zero-order chi connectivity index (χ0) is 23.7. The van der Waals surface area contributed by atoms with Crippen LogP contribution in [0.1, 0.15) is 25.8 Å². The van der Waals surface area contributed by atoms with E-state index in [4.69, 9.17) is 16.7 Å². The van der Waals surface area contributed by atoms with Crippen LogP contribution in [0.15, 0.2) is 48.5 Å². The fourth-order valence-electron chi connectivity index (χ4n) is 2.99. The molecule has 8 nitrogen and oxygen atoms in total. The van der Waals surface area contributed by atoms with Crippen LogP contribution in [0, 0.1) is 5.92 Å². The number of hydrogen-bond acceptors (Lipinski definition) is 5. The number of hydrazine groups is 1. The van der Waals surface area contributed by atoms with Gasteiger partial charge in [0.1, 0.15) is 0 Å². The minimum Gasteiger partial charge on any atom is -0.479 e. The molecule has 0 heterocycles. The van der Waals surface area contributed by atoms with E-state index in [1.807, 2.05) is 56.3 Å². The van der Waals surface area contributed by atoms with Gasteiger partial charge in [-0.3, -0.25) is 15.0 Å². The molecule has 0 aliphatic rings. The number of aliphatic hydroxyl groups is 1. The first-order chi connectivity index (χ1) is 15.2. The summed E-state index contributed by atoms with van der Waals surface area (Å²) >= 11 is 6.04. The Hall–Kier alpha value is -2.94. The maximum absolute atomic E-state index is 12.2. The second-order valence-corrected chi connectivity index (χ2v) is 8.34. The molecule has 0 radical (unpaired) electrons. The summed E-state index contributed by atoms with van der Waals surface area (Å²) in [5.41, 5.74) is 7.65. The summed E-state index contributed by atoms with van der Waals surface area (Å²) in [6.45, 7) is 4.37. The zero-order valence-corrected chi connectivity index (χ0v) is 18.7. The zero-order valence-electron chi connectivity index (χ0n) is 18.0. The van der Waals surface area contributed by atoms with Gasteiger partial charge in [0.25, 0.3) is 0 Å². The molecule has 0 saturated carbocycles. The molecule has 2 amide bonds. The van der Waals surface area contributed by atoms with Crippen LogP contribution in [0.5, 0.6) is 0 Å². The first-order valence-electron chi connectivity index (χ1n) is 10.2. The largest absolute Gasteiger partial charge is 0.479 e. The summed E-state index contributed by atoms with van der Waals surface area (Å²) in [5.74, 6) is -2.94. The number of benzene rings is 2. The van der Waals surface area contributed by atoms with Crippen LogP contribution in [-0.2, 0) is 20.8 Å². The summed E-state index contributed by atoms with van der Waals surface area (Å²) in [4.78, 5) is 35.3. The summed E-state index contributed by atoms with van der Waals surface area (Å²) in [5, 5.41) is 21.9. The molecular formula is C23H28ClN3O5. The van der Waals surface area contributed by atoms with Crippen molar-refractivity contribution in [3.8, 4) is 11.1 Å². The van der Waals surface area contributed by atoms with Gasteiger partial charge in [-0.25, -0.2) is 10.2 Å². The highest BCUT2D eigenvalue weighted by molar-refractivity contribution is 6.35. The first-order valence-corrected chi connectivity index (χ1v) is 10.6. The number of rotatable bonds is 10. The van der Waals surface area contributed by atoms with Crippen LogP contribution < -0.4 is 16.2 Å². The highest BCUT2D eigenvalue weighted by atomic mass is 35.5. The fourth-order valence-corrected chi connectivity index (χ4v) is 3.18. The van der Waals surface area contributed by atoms with Crippen molar-refractivity contribution in [2.45, 2.75) is 38.8 Å². The van der Waals surface area contributed by atoms with Crippen molar-refractivity contribution in [3.63, 3.8) is 0 Å². The Morgan fingerprint density at radius 1 is 1.00 bits per heavy atom. The molecule has 0 aliphatic carbocycles. The van der Waals surface area contributed by atoms with Crippen LogP contribution >= 0.6 is 11.6 Å². The Bertz CT molecular complexity index is 933. The molecule has 5 N–H and O–H groups in total. The Morgan fingerprint density at radius 2 is 1.69 bits per heavy atom. The molecule has 2 unspecified atom stereocenters. The molecule has 32 heavy (non-hydrogen) atoms. The maximum Gasteiger partial charge on any atom is 0.332 e. The van der Waals surface area contributed by atoms with Crippen molar-refractivity contribution < 1.29 is 24.6 Å². The second-order valence-electron chi connectivity index (χ2n) is 7.90. The smallest absolute Gasteiger partial charge is 0.332 e. The quantitative estimate of drug-likeness (QED) is 0.272. The molecule has 172 valence electrons. The van der Waals surface area contributed by atoms with Crippen LogP contribution in [0.25, 0.3) is 11.1 Å². The number of amides is 2. The van der Waals surface area contributed by atoms with E-state index in [0.29, 0.717) is 11.6 Å². The lowest BCUT2D eigenvalue weighted by Crippen LogP contribution is -2.50. The molecule has 9 heteroatoms. The van der Waals surface area contributed by atoms with Gasteiger partial charge in [-0.15, -0.1) is 0 Å². The van der Waals surface area contributed by atoms with E-state index in [1.54, 1.807) is 6.07 Å². The third-order valence-electron chi connectivity index (χ3n) is 4.64. The molecular weight excluding hydrogens is 434 g/mol. The lowest BCUT2D eigenvalue weighted by atomic mass is 9.98. The van der Waals surface area contributed by atoms with Gasteiger partial charge in [0.2, 0.25) is 0 Å². The topological polar surface area (TPSA) is 128 Å². The maximum atomic E-state index is 12.2. The van der Waals surface area contributed by atoms with Crippen molar-refractivity contribution in [2.75, 3.05) is 6.54 Å². The number of aliphatic hydroxyl groups excluding tert-OH is 1. The summed E-state index contributed by atoms with van der Waals surface area (Å²) in [7, 11) is 0. The Labute approximate surface area is 191 Å². The molecule has 2 aromatic carbocycles. The highest BCUT2D eigenvalue weighted by Crippen LogP contribution is 2.23. The Morgan fingerprint density at radius 3 is 2.28 bits per heavy atom. The van der Waals surface area contributed by atoms with E-state index in [9.17, 15) is 19.5 Å². The fraction of sp³-hybridized carbons (Fsp3) is 0.348. The van der Waals surface area contributed by atoms with Crippen LogP contribution in [0.4, 0.5) is 0 Å². The van der Waals surface area contributed by atoms with Gasteiger partial charge in [0, 0.05) is 24.0 Å². The number of hydrogen-bond donors (Lipinski definition) is 5. The molecule has 0 saturated heterocycles. The average molecular weight is 462 g/mol. The molecule has 2 rings (SSSR count). The summed E-state index contributed by atoms with van der Waals surface area (Å²) in [6, 6.07) is 14.1. The SMILES string of the molecule is CC(C)CNNC(=O)C(=O)NC(Cc1ccc(-c2cccc(Cl)c2)cc1)CC(O)C(=O)O. The van der Waals surface area contributed by atoms with Crippen molar-refractivity contribution in [3.05, 3.63) is 59.1 Å². The second kappa shape index (κ2) is 12.2. The molecule has 0 aliphatic heterocycles. The van der Waals surface area contributed by atoms with E-state index in [2.05, 4.69) is 16.2 Å². The van der Waals surface area contributed by atoms with Gasteiger partial charge >= 0.3 is 17.8 Å². The Balaban J connectivity index is 2.07. The third kappa shape index (κ3) is 8.30. The molecule has 0 aromatic heterocycles. The van der Waals surface area contributed by atoms with Crippen LogP contribution in [0.3, 0.4) is 0 Å². The predicted molar refractivity (Wildman–Crippen MR) is 122 cm³/mol. The minimum atomic E-state index is -1.67. The van der Waals surface area contributed by atoms with E-state index < -0.39 is 29.9 Å². The summed E-state index contributed by atoms with van der Waals surface area (Å²) < 4.78 is 0. The van der Waals surface area contributed by atoms with Gasteiger partial charge in [-0.2, -0.15) is 0 Å². The predicted octanol–water partition coefficient (Wildman–Crippen LogP) is 2.15. The van der Waals surface area contributed by atoms with E-state index in [-0.39, 0.29) is 18.8 Å². The van der Waals surface area contributed by atoms with Crippen LogP contribution in [-0.4, -0.2) is 46.7 Å². The normalized spacial score (nSPS) is 12.8.